The molecule has 2 rings (SSSR count). The predicted octanol–water partition coefficient (Wildman–Crippen LogP) is 2.02. The molecule has 80 valence electrons. The van der Waals surface area contributed by atoms with Crippen LogP contribution in [0.25, 0.3) is 0 Å². The second kappa shape index (κ2) is 4.10. The average molecular weight is 272 g/mol. The number of rotatable bonds is 1. The van der Waals surface area contributed by atoms with Gasteiger partial charge in [-0.3, -0.25) is 0 Å². The lowest BCUT2D eigenvalue weighted by Gasteiger charge is -2.25. The van der Waals surface area contributed by atoms with Crippen molar-refractivity contribution in [2.45, 2.75) is 12.5 Å². The molecule has 1 heterocycles. The van der Waals surface area contributed by atoms with Gasteiger partial charge in [0.25, 0.3) is 0 Å². The monoisotopic (exact) mass is 271 g/mol. The fourth-order valence-electron chi connectivity index (χ4n) is 1.61. The first-order valence-electron chi connectivity index (χ1n) is 4.56. The number of halogens is 1. The van der Waals surface area contributed by atoms with Crippen molar-refractivity contribution in [1.82, 2.24) is 5.32 Å². The van der Waals surface area contributed by atoms with Crippen molar-refractivity contribution in [3.63, 3.8) is 0 Å². The first-order valence-corrected chi connectivity index (χ1v) is 5.35. The Bertz CT molecular complexity index is 394. The van der Waals surface area contributed by atoms with Crippen molar-refractivity contribution < 1.29 is 14.6 Å². The zero-order valence-electron chi connectivity index (χ0n) is 7.87. The molecule has 0 bridgehead atoms. The summed E-state index contributed by atoms with van der Waals surface area (Å²) in [6, 6.07) is 5.60. The molecule has 0 radical (unpaired) electrons. The molecule has 4 nitrogen and oxygen atoms in total. The molecule has 1 aliphatic heterocycles. The second-order valence-corrected chi connectivity index (χ2v) is 4.33. The molecular formula is C10H10BrNO3. The number of fused-ring (bicyclic) bond motifs is 1. The number of hydrogen-bond donors (Lipinski definition) is 2. The Balaban J connectivity index is 2.13. The number of benzene rings is 1. The molecule has 1 aromatic rings. The van der Waals surface area contributed by atoms with E-state index in [1.54, 1.807) is 0 Å². The van der Waals surface area contributed by atoms with Crippen LogP contribution in [0, 0.1) is 0 Å². The first kappa shape index (κ1) is 10.3. The minimum atomic E-state index is -1.01. The van der Waals surface area contributed by atoms with Crippen molar-refractivity contribution in [3.05, 3.63) is 28.2 Å². The van der Waals surface area contributed by atoms with Crippen LogP contribution in [-0.2, 0) is 6.42 Å². The number of carboxylic acid groups (broad SMARTS) is 1. The van der Waals surface area contributed by atoms with E-state index < -0.39 is 6.09 Å². The molecular weight excluding hydrogens is 262 g/mol. The Labute approximate surface area is 95.4 Å². The van der Waals surface area contributed by atoms with Crippen LogP contribution >= 0.6 is 15.9 Å². The largest absolute Gasteiger partial charge is 0.491 e. The number of carbonyl (C=O) groups is 1. The minimum absolute atomic E-state index is 0.156. The standard InChI is InChI=1S/C10H10BrNO3/c11-7-2-1-6-3-8(12-10(13)14)5-15-9(6)4-7/h1-2,4,8,12H,3,5H2,(H,13,14)/t8-/m1/s1. The lowest BCUT2D eigenvalue weighted by atomic mass is 10.0. The number of hydrogen-bond acceptors (Lipinski definition) is 2. The molecule has 15 heavy (non-hydrogen) atoms. The molecule has 0 spiro atoms. The Morgan fingerprint density at radius 1 is 1.60 bits per heavy atom. The van der Waals surface area contributed by atoms with E-state index in [2.05, 4.69) is 21.2 Å². The zero-order chi connectivity index (χ0) is 10.8. The molecule has 0 saturated heterocycles. The Kier molecular flexibility index (Phi) is 2.81. The summed E-state index contributed by atoms with van der Waals surface area (Å²) in [4.78, 5) is 10.5. The molecule has 1 atom stereocenters. The van der Waals surface area contributed by atoms with Gasteiger partial charge in [0.15, 0.2) is 0 Å². The highest BCUT2D eigenvalue weighted by atomic mass is 79.9. The van der Waals surface area contributed by atoms with Crippen LogP contribution in [0.2, 0.25) is 0 Å². The van der Waals surface area contributed by atoms with E-state index in [1.165, 1.54) is 0 Å². The molecule has 0 unspecified atom stereocenters. The van der Waals surface area contributed by atoms with E-state index >= 15 is 0 Å². The summed E-state index contributed by atoms with van der Waals surface area (Å²) >= 11 is 3.36. The quantitative estimate of drug-likeness (QED) is 0.822. The van der Waals surface area contributed by atoms with E-state index in [-0.39, 0.29) is 6.04 Å². The van der Waals surface area contributed by atoms with E-state index in [9.17, 15) is 4.79 Å². The summed E-state index contributed by atoms with van der Waals surface area (Å²) in [6.07, 6.45) is -0.335. The van der Waals surface area contributed by atoms with Gasteiger partial charge in [-0.1, -0.05) is 22.0 Å². The molecule has 0 aliphatic carbocycles. The van der Waals surface area contributed by atoms with Crippen LogP contribution in [0.4, 0.5) is 4.79 Å². The lowest BCUT2D eigenvalue weighted by molar-refractivity contribution is 0.176. The highest BCUT2D eigenvalue weighted by Gasteiger charge is 2.20. The SMILES string of the molecule is O=C(O)N[C@H]1COc2cc(Br)ccc2C1. The number of ether oxygens (including phenoxy) is 1. The number of amides is 1. The van der Waals surface area contributed by atoms with Gasteiger partial charge in [-0.05, 0) is 24.1 Å². The summed E-state index contributed by atoms with van der Waals surface area (Å²) < 4.78 is 6.43. The van der Waals surface area contributed by atoms with E-state index in [4.69, 9.17) is 9.84 Å². The van der Waals surface area contributed by atoms with Crippen molar-refractivity contribution in [2.24, 2.45) is 0 Å². The van der Waals surface area contributed by atoms with Gasteiger partial charge in [0.2, 0.25) is 0 Å². The van der Waals surface area contributed by atoms with Crippen LogP contribution in [-0.4, -0.2) is 23.8 Å². The van der Waals surface area contributed by atoms with E-state index in [1.807, 2.05) is 18.2 Å². The third-order valence-corrected chi connectivity index (χ3v) is 2.76. The van der Waals surface area contributed by atoms with Crippen LogP contribution in [0.15, 0.2) is 22.7 Å². The normalized spacial score (nSPS) is 18.9. The summed E-state index contributed by atoms with van der Waals surface area (Å²) in [7, 11) is 0. The fourth-order valence-corrected chi connectivity index (χ4v) is 1.95. The van der Waals surface area contributed by atoms with E-state index in [0.717, 1.165) is 15.8 Å². The molecule has 2 N–H and O–H groups in total. The van der Waals surface area contributed by atoms with Gasteiger partial charge in [0.1, 0.15) is 12.4 Å². The highest BCUT2D eigenvalue weighted by molar-refractivity contribution is 9.10. The maximum absolute atomic E-state index is 10.5. The second-order valence-electron chi connectivity index (χ2n) is 3.41. The number of nitrogens with one attached hydrogen (secondary N) is 1. The summed E-state index contributed by atoms with van der Waals surface area (Å²) in [6.45, 7) is 0.385. The Morgan fingerprint density at radius 2 is 2.40 bits per heavy atom. The van der Waals surface area contributed by atoms with Gasteiger partial charge < -0.3 is 15.2 Å². The fraction of sp³-hybridized carbons (Fsp3) is 0.300. The molecule has 1 amide bonds. The van der Waals surface area contributed by atoms with Crippen molar-refractivity contribution >= 4 is 22.0 Å². The molecule has 5 heteroatoms. The van der Waals surface area contributed by atoms with Crippen LogP contribution in [0.5, 0.6) is 5.75 Å². The molecule has 0 aromatic heterocycles. The minimum Gasteiger partial charge on any atom is -0.491 e. The maximum atomic E-state index is 10.5. The highest BCUT2D eigenvalue weighted by Crippen LogP contribution is 2.27. The maximum Gasteiger partial charge on any atom is 0.405 e. The summed E-state index contributed by atoms with van der Waals surface area (Å²) in [5, 5.41) is 11.0. The van der Waals surface area contributed by atoms with Crippen molar-refractivity contribution in [3.8, 4) is 5.75 Å². The Hall–Kier alpha value is -1.23. The van der Waals surface area contributed by atoms with Gasteiger partial charge in [0, 0.05) is 4.47 Å². The summed E-state index contributed by atoms with van der Waals surface area (Å²) in [5.41, 5.74) is 1.03. The van der Waals surface area contributed by atoms with Gasteiger partial charge in [-0.15, -0.1) is 0 Å². The third kappa shape index (κ3) is 2.41. The smallest absolute Gasteiger partial charge is 0.405 e. The van der Waals surface area contributed by atoms with Crippen LogP contribution in [0.1, 0.15) is 5.56 Å². The molecule has 0 fully saturated rings. The van der Waals surface area contributed by atoms with Crippen LogP contribution in [0.3, 0.4) is 0 Å². The summed E-state index contributed by atoms with van der Waals surface area (Å²) in [5.74, 6) is 0.827. The van der Waals surface area contributed by atoms with Crippen molar-refractivity contribution in [2.75, 3.05) is 6.61 Å². The third-order valence-electron chi connectivity index (χ3n) is 2.26. The van der Waals surface area contributed by atoms with Gasteiger partial charge in [0.05, 0.1) is 6.04 Å². The van der Waals surface area contributed by atoms with Gasteiger partial charge >= 0.3 is 6.09 Å². The molecule has 0 saturated carbocycles. The van der Waals surface area contributed by atoms with Gasteiger partial charge in [-0.2, -0.15) is 0 Å². The predicted molar refractivity (Wildman–Crippen MR) is 58.3 cm³/mol. The molecule has 1 aromatic carbocycles. The van der Waals surface area contributed by atoms with Crippen LogP contribution < -0.4 is 10.1 Å². The average Bonchev–Trinajstić information content (AvgIpc) is 2.17. The topological polar surface area (TPSA) is 58.6 Å². The molecule has 1 aliphatic rings. The van der Waals surface area contributed by atoms with Crippen molar-refractivity contribution in [1.29, 1.82) is 0 Å². The van der Waals surface area contributed by atoms with E-state index in [0.29, 0.717) is 13.0 Å². The zero-order valence-corrected chi connectivity index (χ0v) is 9.45. The first-order chi connectivity index (χ1) is 7.15. The van der Waals surface area contributed by atoms with Gasteiger partial charge in [-0.25, -0.2) is 4.79 Å². The lowest BCUT2D eigenvalue weighted by Crippen LogP contribution is -2.41. The Morgan fingerprint density at radius 3 is 3.13 bits per heavy atom.